The largest absolute Gasteiger partial charge is 0.762 e. The number of fused-ring (bicyclic) bond motifs is 3. The topological polar surface area (TPSA) is 57.3 Å². The van der Waals surface area contributed by atoms with Crippen LogP contribution in [-0.2, 0) is 14.3 Å². The van der Waals surface area contributed by atoms with E-state index < -0.39 is 5.60 Å². The third-order valence-corrected chi connectivity index (χ3v) is 5.66. The summed E-state index contributed by atoms with van der Waals surface area (Å²) in [4.78, 5) is 5.82. The molecule has 2 aliphatic carbocycles. The van der Waals surface area contributed by atoms with Gasteiger partial charge in [0, 0.05) is 12.5 Å². The van der Waals surface area contributed by atoms with Crippen LogP contribution in [0.2, 0.25) is 0 Å². The first-order valence-electron chi connectivity index (χ1n) is 7.99. The molecule has 0 aromatic carbocycles. The molecule has 2 saturated carbocycles. The molecule has 5 fully saturated rings. The lowest BCUT2D eigenvalue weighted by atomic mass is 9.79. The van der Waals surface area contributed by atoms with E-state index in [1.807, 2.05) is 13.8 Å². The summed E-state index contributed by atoms with van der Waals surface area (Å²) in [6.45, 7) is 4.08. The number of ether oxygens (including phenoxy) is 2. The van der Waals surface area contributed by atoms with Crippen LogP contribution in [0.5, 0.6) is 0 Å². The summed E-state index contributed by atoms with van der Waals surface area (Å²) in [6, 6.07) is -0.118. The van der Waals surface area contributed by atoms with Crippen LogP contribution in [0, 0.1) is 11.1 Å². The Morgan fingerprint density at radius 3 is 2.45 bits per heavy atom. The van der Waals surface area contributed by atoms with Crippen LogP contribution in [0.25, 0.3) is 0 Å². The van der Waals surface area contributed by atoms with Crippen molar-refractivity contribution in [3.8, 4) is 0 Å². The molecule has 6 atom stereocenters. The number of hydrogen-bond donors (Lipinski definition) is 0. The van der Waals surface area contributed by atoms with Crippen LogP contribution in [-0.4, -0.2) is 41.3 Å². The maximum absolute atomic E-state index is 12.4. The molecule has 3 heterocycles. The van der Waals surface area contributed by atoms with Crippen molar-refractivity contribution in [1.29, 1.82) is 0 Å². The van der Waals surface area contributed by atoms with E-state index in [0.717, 1.165) is 43.8 Å². The third kappa shape index (κ3) is 2.29. The second kappa shape index (κ2) is 4.65. The first-order chi connectivity index (χ1) is 9.53. The van der Waals surface area contributed by atoms with Crippen LogP contribution in [0.15, 0.2) is 0 Å². The predicted octanol–water partition coefficient (Wildman–Crippen LogP) is 2.38. The lowest BCUT2D eigenvalue weighted by molar-refractivity contribution is -0.293. The molecule has 5 nitrogen and oxygen atoms in total. The molecule has 2 bridgehead atoms. The highest BCUT2D eigenvalue weighted by Crippen LogP contribution is 2.45. The van der Waals surface area contributed by atoms with Crippen molar-refractivity contribution >= 4 is 0 Å². The molecule has 6 unspecified atom stereocenters. The van der Waals surface area contributed by atoms with E-state index in [2.05, 4.69) is 0 Å². The normalized spacial score (nSPS) is 46.8. The zero-order valence-electron chi connectivity index (χ0n) is 12.3. The van der Waals surface area contributed by atoms with Gasteiger partial charge in [0.05, 0.1) is 30.0 Å². The van der Waals surface area contributed by atoms with E-state index in [1.165, 1.54) is 0 Å². The lowest BCUT2D eigenvalue weighted by Gasteiger charge is -2.54. The van der Waals surface area contributed by atoms with Gasteiger partial charge in [0.2, 0.25) is 0 Å². The Labute approximate surface area is 120 Å². The van der Waals surface area contributed by atoms with Crippen molar-refractivity contribution in [1.82, 2.24) is 5.23 Å². The molecule has 5 rings (SSSR count). The standard InChI is InChI=1S/C15H24NO4/c1-15(2,9-3-6-12-14(7-9)19-12)20-16(17)11-5-4-10-8-13(11)18-10/h9-14H,3-8H2,1-2H3/q-1. The highest BCUT2D eigenvalue weighted by molar-refractivity contribution is 4.98. The van der Waals surface area contributed by atoms with Crippen LogP contribution in [0.3, 0.4) is 0 Å². The Kier molecular flexibility index (Phi) is 3.13. The first-order valence-corrected chi connectivity index (χ1v) is 7.99. The molecule has 0 N–H and O–H groups in total. The van der Waals surface area contributed by atoms with Crippen molar-refractivity contribution in [2.75, 3.05) is 0 Å². The fourth-order valence-electron chi connectivity index (χ4n) is 4.12. The number of hydrogen-bond acceptors (Lipinski definition) is 5. The summed E-state index contributed by atoms with van der Waals surface area (Å²) in [7, 11) is 0. The summed E-state index contributed by atoms with van der Waals surface area (Å²) < 4.78 is 11.2. The molecule has 114 valence electrons. The van der Waals surface area contributed by atoms with Crippen molar-refractivity contribution in [2.24, 2.45) is 5.92 Å². The molecule has 0 spiro atoms. The molecule has 3 saturated heterocycles. The number of hydroxylamine groups is 2. The van der Waals surface area contributed by atoms with Gasteiger partial charge in [-0.2, -0.15) is 0 Å². The minimum Gasteiger partial charge on any atom is -0.762 e. The van der Waals surface area contributed by atoms with Gasteiger partial charge in [-0.25, -0.2) is 0 Å². The second-order valence-corrected chi connectivity index (χ2v) is 7.38. The first kappa shape index (κ1) is 13.5. The van der Waals surface area contributed by atoms with Crippen molar-refractivity contribution in [3.05, 3.63) is 5.21 Å². The van der Waals surface area contributed by atoms with Gasteiger partial charge < -0.3 is 19.5 Å². The van der Waals surface area contributed by atoms with E-state index >= 15 is 0 Å². The van der Waals surface area contributed by atoms with E-state index in [9.17, 15) is 5.21 Å². The molecule has 0 radical (unpaired) electrons. The van der Waals surface area contributed by atoms with E-state index in [0.29, 0.717) is 24.2 Å². The average Bonchev–Trinajstić information content (AvgIpc) is 3.15. The summed E-state index contributed by atoms with van der Waals surface area (Å²) in [5, 5.41) is 13.2. The molecule has 20 heavy (non-hydrogen) atoms. The average molecular weight is 282 g/mol. The monoisotopic (exact) mass is 282 g/mol. The number of rotatable bonds is 4. The zero-order valence-corrected chi connectivity index (χ0v) is 12.3. The number of nitrogens with zero attached hydrogens (tertiary/aromatic N) is 1. The van der Waals surface area contributed by atoms with E-state index in [-0.39, 0.29) is 12.1 Å². The summed E-state index contributed by atoms with van der Waals surface area (Å²) >= 11 is 0. The van der Waals surface area contributed by atoms with Gasteiger partial charge >= 0.3 is 0 Å². The van der Waals surface area contributed by atoms with Gasteiger partial charge in [0.15, 0.2) is 0 Å². The quantitative estimate of drug-likeness (QED) is 0.585. The number of epoxide rings is 1. The van der Waals surface area contributed by atoms with Crippen molar-refractivity contribution in [2.45, 2.75) is 88.4 Å². The van der Waals surface area contributed by atoms with Crippen LogP contribution >= 0.6 is 0 Å². The Morgan fingerprint density at radius 1 is 1.00 bits per heavy atom. The third-order valence-electron chi connectivity index (χ3n) is 5.66. The van der Waals surface area contributed by atoms with Crippen LogP contribution in [0.4, 0.5) is 0 Å². The maximum Gasteiger partial charge on any atom is 0.0860 e. The van der Waals surface area contributed by atoms with Crippen molar-refractivity contribution in [3.63, 3.8) is 0 Å². The second-order valence-electron chi connectivity index (χ2n) is 7.38. The fraction of sp³-hybridized carbons (Fsp3) is 1.00. The summed E-state index contributed by atoms with van der Waals surface area (Å²) in [5.41, 5.74) is -0.417. The smallest absolute Gasteiger partial charge is 0.0860 e. The molecule has 0 aromatic heterocycles. The SMILES string of the molecule is CC(C)(ON([O-])C1CCC2CC1O2)C1CCC2OC2C1. The highest BCUT2D eigenvalue weighted by Gasteiger charge is 2.49. The minimum atomic E-state index is -0.417. The summed E-state index contributed by atoms with van der Waals surface area (Å²) in [5.74, 6) is 0.404. The Balaban J connectivity index is 1.36. The molecule has 5 heteroatoms. The van der Waals surface area contributed by atoms with Crippen molar-refractivity contribution < 1.29 is 14.3 Å². The maximum atomic E-state index is 12.4. The molecular formula is C15H24NO4-. The molecule has 5 aliphatic rings. The Morgan fingerprint density at radius 2 is 1.80 bits per heavy atom. The molecule has 3 aliphatic heterocycles. The van der Waals surface area contributed by atoms with Gasteiger partial charge in [-0.05, 0) is 51.9 Å². The van der Waals surface area contributed by atoms with Crippen LogP contribution in [0.1, 0.15) is 52.4 Å². The fourth-order valence-corrected chi connectivity index (χ4v) is 4.12. The molecule has 0 amide bonds. The van der Waals surface area contributed by atoms with Gasteiger partial charge in [-0.1, -0.05) is 0 Å². The van der Waals surface area contributed by atoms with E-state index in [1.54, 1.807) is 0 Å². The predicted molar refractivity (Wildman–Crippen MR) is 72.7 cm³/mol. The highest BCUT2D eigenvalue weighted by atomic mass is 16.9. The van der Waals surface area contributed by atoms with Gasteiger partial charge in [-0.15, -0.1) is 0 Å². The lowest BCUT2D eigenvalue weighted by Crippen LogP contribution is -2.57. The van der Waals surface area contributed by atoms with Gasteiger partial charge in [0.25, 0.3) is 0 Å². The van der Waals surface area contributed by atoms with Gasteiger partial charge in [-0.3, -0.25) is 5.23 Å². The molecule has 0 aromatic rings. The zero-order chi connectivity index (χ0) is 13.9. The van der Waals surface area contributed by atoms with Crippen LogP contribution < -0.4 is 0 Å². The summed E-state index contributed by atoms with van der Waals surface area (Å²) in [6.07, 6.45) is 7.53. The Hall–Kier alpha value is -0.200. The minimum absolute atomic E-state index is 0.0875. The van der Waals surface area contributed by atoms with E-state index in [4.69, 9.17) is 14.3 Å². The Bertz CT molecular complexity index is 379. The molecular weight excluding hydrogens is 258 g/mol. The van der Waals surface area contributed by atoms with Gasteiger partial charge in [0.1, 0.15) is 0 Å².